The molecular formula is C21H22F4N10O. The van der Waals surface area contributed by atoms with Gasteiger partial charge in [0.05, 0.1) is 37.5 Å². The van der Waals surface area contributed by atoms with Gasteiger partial charge in [0.25, 0.3) is 12.3 Å². The number of pyridine rings is 1. The van der Waals surface area contributed by atoms with E-state index < -0.39 is 24.9 Å². The SMILES string of the molecule is Nc1nc(N[C@@H]2CCN(C3COC3)CC2(F)F)nn2ccc(-c3ccc4nnn(CC(F)F)c4n3)c12. The van der Waals surface area contributed by atoms with E-state index in [1.807, 2.05) is 0 Å². The molecule has 0 spiro atoms. The van der Waals surface area contributed by atoms with E-state index >= 15 is 0 Å². The van der Waals surface area contributed by atoms with Gasteiger partial charge in [-0.15, -0.1) is 10.2 Å². The Morgan fingerprint density at radius 2 is 2.03 bits per heavy atom. The Hall–Kier alpha value is -3.59. The zero-order valence-electron chi connectivity index (χ0n) is 18.9. The molecule has 0 unspecified atom stereocenters. The van der Waals surface area contributed by atoms with Crippen molar-refractivity contribution in [1.82, 2.24) is 39.5 Å². The Labute approximate surface area is 201 Å². The fraction of sp³-hybridized carbons (Fsp3) is 0.476. The summed E-state index contributed by atoms with van der Waals surface area (Å²) in [4.78, 5) is 10.4. The molecule has 0 aromatic carbocycles. The molecule has 36 heavy (non-hydrogen) atoms. The number of nitrogens with zero attached hydrogens (tertiary/aromatic N) is 8. The zero-order valence-corrected chi connectivity index (χ0v) is 18.9. The molecule has 0 aliphatic carbocycles. The first-order chi connectivity index (χ1) is 17.3. The summed E-state index contributed by atoms with van der Waals surface area (Å²) >= 11 is 0. The van der Waals surface area contributed by atoms with Crippen LogP contribution in [0.25, 0.3) is 27.9 Å². The number of anilines is 2. The highest BCUT2D eigenvalue weighted by Gasteiger charge is 2.47. The van der Waals surface area contributed by atoms with Crippen molar-refractivity contribution in [1.29, 1.82) is 0 Å². The van der Waals surface area contributed by atoms with Gasteiger partial charge in [-0.05, 0) is 24.6 Å². The molecule has 1 atom stereocenters. The van der Waals surface area contributed by atoms with E-state index in [0.29, 0.717) is 42.0 Å². The van der Waals surface area contributed by atoms with Crippen molar-refractivity contribution >= 4 is 28.4 Å². The highest BCUT2D eigenvalue weighted by atomic mass is 19.3. The van der Waals surface area contributed by atoms with Crippen molar-refractivity contribution in [2.24, 2.45) is 0 Å². The van der Waals surface area contributed by atoms with Gasteiger partial charge in [-0.25, -0.2) is 31.7 Å². The minimum absolute atomic E-state index is 0.0186. The standard InChI is InChI=1S/C21H22F4N10O/c22-16(23)7-35-19-14(30-32-35)2-1-13(27-19)12-3-6-34-17(12)18(26)29-20(31-34)28-15-4-5-33(10-21(15,24)25)11-8-36-9-11/h1-3,6,11,15-16H,4-5,7-10H2,(H3,26,28,29,31)/t15-/m1/s1. The van der Waals surface area contributed by atoms with Crippen LogP contribution in [-0.2, 0) is 11.3 Å². The van der Waals surface area contributed by atoms with E-state index in [1.54, 1.807) is 29.3 Å². The maximum atomic E-state index is 14.9. The Morgan fingerprint density at radius 3 is 2.75 bits per heavy atom. The van der Waals surface area contributed by atoms with Crippen molar-refractivity contribution in [2.45, 2.75) is 37.4 Å². The predicted molar refractivity (Wildman–Crippen MR) is 121 cm³/mol. The lowest BCUT2D eigenvalue weighted by Crippen LogP contribution is -2.61. The van der Waals surface area contributed by atoms with E-state index in [2.05, 4.69) is 30.7 Å². The molecule has 3 N–H and O–H groups in total. The van der Waals surface area contributed by atoms with Gasteiger partial charge < -0.3 is 15.8 Å². The summed E-state index contributed by atoms with van der Waals surface area (Å²) < 4.78 is 63.1. The molecule has 2 saturated heterocycles. The highest BCUT2D eigenvalue weighted by molar-refractivity contribution is 5.88. The number of hydrogen-bond acceptors (Lipinski definition) is 9. The van der Waals surface area contributed by atoms with Crippen LogP contribution in [0.3, 0.4) is 0 Å². The third-order valence-corrected chi connectivity index (χ3v) is 6.55. The fourth-order valence-corrected chi connectivity index (χ4v) is 4.62. The van der Waals surface area contributed by atoms with Gasteiger partial charge in [0, 0.05) is 18.3 Å². The molecule has 2 fully saturated rings. The molecule has 11 nitrogen and oxygen atoms in total. The lowest BCUT2D eigenvalue weighted by Gasteiger charge is -2.44. The van der Waals surface area contributed by atoms with Crippen LogP contribution in [0.2, 0.25) is 0 Å². The van der Waals surface area contributed by atoms with Crippen molar-refractivity contribution in [2.75, 3.05) is 37.4 Å². The van der Waals surface area contributed by atoms with Gasteiger partial charge in [0.15, 0.2) is 11.5 Å². The molecule has 0 amide bonds. The minimum Gasteiger partial charge on any atom is -0.382 e. The number of hydrogen-bond donors (Lipinski definition) is 2. The van der Waals surface area contributed by atoms with Crippen molar-refractivity contribution in [3.8, 4) is 11.3 Å². The molecule has 4 aromatic heterocycles. The summed E-state index contributed by atoms with van der Waals surface area (Å²) in [6, 6.07) is 3.86. The lowest BCUT2D eigenvalue weighted by atomic mass is 9.98. The van der Waals surface area contributed by atoms with Gasteiger partial charge in [-0.3, -0.25) is 4.90 Å². The molecule has 2 aliphatic heterocycles. The van der Waals surface area contributed by atoms with E-state index in [1.165, 1.54) is 4.52 Å². The fourth-order valence-electron chi connectivity index (χ4n) is 4.62. The van der Waals surface area contributed by atoms with Crippen molar-refractivity contribution in [3.05, 3.63) is 24.4 Å². The number of likely N-dealkylation sites (tertiary alicyclic amines) is 1. The molecule has 190 valence electrons. The highest BCUT2D eigenvalue weighted by Crippen LogP contribution is 2.33. The second-order valence-corrected chi connectivity index (χ2v) is 8.95. The first kappa shape index (κ1) is 22.8. The van der Waals surface area contributed by atoms with E-state index in [-0.39, 0.29) is 36.4 Å². The number of rotatable bonds is 6. The Kier molecular flexibility index (Phi) is 5.40. The number of fused-ring (bicyclic) bond motifs is 2. The first-order valence-electron chi connectivity index (χ1n) is 11.4. The normalized spacial score (nSPS) is 20.9. The Bertz CT molecular complexity index is 1420. The number of ether oxygens (including phenoxy) is 1. The lowest BCUT2D eigenvalue weighted by molar-refractivity contribution is -0.131. The molecule has 15 heteroatoms. The monoisotopic (exact) mass is 506 g/mol. The number of piperidine rings is 1. The van der Waals surface area contributed by atoms with Crippen LogP contribution in [0, 0.1) is 0 Å². The van der Waals surface area contributed by atoms with Gasteiger partial charge in [-0.2, -0.15) is 4.98 Å². The summed E-state index contributed by atoms with van der Waals surface area (Å²) in [5.41, 5.74) is 8.17. The first-order valence-corrected chi connectivity index (χ1v) is 11.4. The number of nitrogens with two attached hydrogens (primary N) is 1. The van der Waals surface area contributed by atoms with Crippen LogP contribution in [0.1, 0.15) is 6.42 Å². The minimum atomic E-state index is -2.99. The molecule has 0 bridgehead atoms. The van der Waals surface area contributed by atoms with Crippen LogP contribution in [0.5, 0.6) is 0 Å². The van der Waals surface area contributed by atoms with Crippen LogP contribution >= 0.6 is 0 Å². The summed E-state index contributed by atoms with van der Waals surface area (Å²) in [5.74, 6) is -2.95. The maximum Gasteiger partial charge on any atom is 0.280 e. The third kappa shape index (κ3) is 3.97. The second kappa shape index (κ2) is 8.51. The van der Waals surface area contributed by atoms with Crippen LogP contribution < -0.4 is 11.1 Å². The van der Waals surface area contributed by atoms with Gasteiger partial charge in [0.2, 0.25) is 5.95 Å². The van der Waals surface area contributed by atoms with Gasteiger partial charge in [0.1, 0.15) is 17.6 Å². The summed E-state index contributed by atoms with van der Waals surface area (Å²) in [6.07, 6.45) is -0.796. The van der Waals surface area contributed by atoms with Crippen LogP contribution in [-0.4, -0.2) is 90.2 Å². The second-order valence-electron chi connectivity index (χ2n) is 8.95. The van der Waals surface area contributed by atoms with Crippen LogP contribution in [0.4, 0.5) is 29.3 Å². The summed E-state index contributed by atoms with van der Waals surface area (Å²) in [5, 5.41) is 14.7. The molecule has 6 heterocycles. The summed E-state index contributed by atoms with van der Waals surface area (Å²) in [6.45, 7) is 0.468. The number of nitrogen functional groups attached to an aromatic ring is 1. The average molecular weight is 506 g/mol. The molecule has 2 aliphatic rings. The van der Waals surface area contributed by atoms with E-state index in [4.69, 9.17) is 10.5 Å². The summed E-state index contributed by atoms with van der Waals surface area (Å²) in [7, 11) is 0. The molecule has 4 aromatic rings. The number of alkyl halides is 4. The third-order valence-electron chi connectivity index (χ3n) is 6.55. The average Bonchev–Trinajstić information content (AvgIpc) is 3.38. The van der Waals surface area contributed by atoms with Crippen molar-refractivity contribution < 1.29 is 22.3 Å². The quantitative estimate of drug-likeness (QED) is 0.377. The Morgan fingerprint density at radius 1 is 1.19 bits per heavy atom. The molecular weight excluding hydrogens is 484 g/mol. The molecule has 6 rings (SSSR count). The number of aromatic nitrogens is 7. The van der Waals surface area contributed by atoms with Crippen molar-refractivity contribution in [3.63, 3.8) is 0 Å². The van der Waals surface area contributed by atoms with E-state index in [9.17, 15) is 17.6 Å². The largest absolute Gasteiger partial charge is 0.382 e. The maximum absolute atomic E-state index is 14.9. The van der Waals surface area contributed by atoms with Gasteiger partial charge >= 0.3 is 0 Å². The van der Waals surface area contributed by atoms with Gasteiger partial charge in [-0.1, -0.05) is 5.21 Å². The molecule has 0 radical (unpaired) electrons. The zero-order chi connectivity index (χ0) is 25.0. The van der Waals surface area contributed by atoms with E-state index in [0.717, 1.165) is 4.68 Å². The molecule has 0 saturated carbocycles. The smallest absolute Gasteiger partial charge is 0.280 e. The predicted octanol–water partition coefficient (Wildman–Crippen LogP) is 1.90. The topological polar surface area (TPSA) is 124 Å². The van der Waals surface area contributed by atoms with Crippen LogP contribution in [0.15, 0.2) is 24.4 Å². The number of halogens is 4. The Balaban J connectivity index is 1.27. The number of nitrogens with one attached hydrogen (secondary N) is 1.